The Bertz CT molecular complexity index is 1090. The van der Waals surface area contributed by atoms with E-state index in [-0.39, 0.29) is 23.3 Å². The molecule has 5 heteroatoms. The Balaban J connectivity index is 1.69. The Labute approximate surface area is 150 Å². The third-order valence-corrected chi connectivity index (χ3v) is 4.76. The number of hydrogen-bond acceptors (Lipinski definition) is 3. The molecule has 0 saturated carbocycles. The number of carbonyl (C=O) groups excluding carboxylic acids is 3. The molecule has 1 aliphatic rings. The number of nitrogens with zero attached hydrogens (tertiary/aromatic N) is 2. The van der Waals surface area contributed by atoms with Gasteiger partial charge >= 0.3 is 0 Å². The summed E-state index contributed by atoms with van der Waals surface area (Å²) in [4.78, 5) is 39.6. The monoisotopic (exact) mass is 344 g/mol. The predicted octanol–water partition coefficient (Wildman–Crippen LogP) is 3.34. The van der Waals surface area contributed by atoms with Crippen molar-refractivity contribution < 1.29 is 14.4 Å². The van der Waals surface area contributed by atoms with Crippen LogP contribution in [0.4, 0.5) is 5.69 Å². The zero-order valence-corrected chi connectivity index (χ0v) is 14.4. The van der Waals surface area contributed by atoms with Gasteiger partial charge in [-0.25, -0.2) is 0 Å². The Morgan fingerprint density at radius 1 is 0.846 bits per heavy atom. The van der Waals surface area contributed by atoms with Crippen LogP contribution < -0.4 is 4.90 Å². The van der Waals surface area contributed by atoms with Crippen LogP contribution in [0.1, 0.15) is 31.1 Å². The van der Waals surface area contributed by atoms with Gasteiger partial charge < -0.3 is 4.90 Å². The first kappa shape index (κ1) is 16.0. The summed E-state index contributed by atoms with van der Waals surface area (Å²) >= 11 is 0. The van der Waals surface area contributed by atoms with E-state index in [0.29, 0.717) is 11.1 Å². The number of benzene rings is 3. The van der Waals surface area contributed by atoms with Gasteiger partial charge in [0.2, 0.25) is 0 Å². The number of hydrogen-bond donors (Lipinski definition) is 0. The third-order valence-electron chi connectivity index (χ3n) is 4.76. The summed E-state index contributed by atoms with van der Waals surface area (Å²) in [5.41, 5.74) is 1.74. The van der Waals surface area contributed by atoms with Crippen LogP contribution in [0.15, 0.2) is 60.7 Å². The molecule has 0 unspecified atom stereocenters. The summed E-state index contributed by atoms with van der Waals surface area (Å²) in [5, 5.41) is 2.14. The summed E-state index contributed by atoms with van der Waals surface area (Å²) in [5.74, 6) is -0.960. The van der Waals surface area contributed by atoms with Gasteiger partial charge in [0.25, 0.3) is 17.7 Å². The van der Waals surface area contributed by atoms with Gasteiger partial charge in [-0.05, 0) is 41.1 Å². The van der Waals surface area contributed by atoms with Gasteiger partial charge in [-0.2, -0.15) is 0 Å². The highest BCUT2D eigenvalue weighted by molar-refractivity contribution is 6.22. The van der Waals surface area contributed by atoms with Crippen molar-refractivity contribution in [2.45, 2.75) is 0 Å². The first-order valence-corrected chi connectivity index (χ1v) is 8.20. The summed E-state index contributed by atoms with van der Waals surface area (Å²) in [7, 11) is 3.13. The molecule has 3 aromatic carbocycles. The van der Waals surface area contributed by atoms with Crippen LogP contribution in [0.3, 0.4) is 0 Å². The van der Waals surface area contributed by atoms with Crippen LogP contribution in [0.25, 0.3) is 10.8 Å². The van der Waals surface area contributed by atoms with Crippen molar-refractivity contribution in [2.75, 3.05) is 19.0 Å². The van der Waals surface area contributed by atoms with E-state index in [9.17, 15) is 14.4 Å². The number of carbonyl (C=O) groups is 3. The van der Waals surface area contributed by atoms with Crippen LogP contribution >= 0.6 is 0 Å². The highest BCUT2D eigenvalue weighted by atomic mass is 16.2. The highest BCUT2D eigenvalue weighted by Crippen LogP contribution is 2.26. The van der Waals surface area contributed by atoms with Gasteiger partial charge in [0.1, 0.15) is 0 Å². The van der Waals surface area contributed by atoms with Crippen LogP contribution in [0.2, 0.25) is 0 Å². The highest BCUT2D eigenvalue weighted by Gasteiger charge is 2.33. The van der Waals surface area contributed by atoms with Crippen molar-refractivity contribution >= 4 is 34.2 Å². The second-order valence-corrected chi connectivity index (χ2v) is 6.33. The van der Waals surface area contributed by atoms with E-state index in [1.165, 1.54) is 13.1 Å². The zero-order valence-electron chi connectivity index (χ0n) is 14.4. The normalized spacial score (nSPS) is 13.2. The van der Waals surface area contributed by atoms with Crippen molar-refractivity contribution in [3.05, 3.63) is 77.4 Å². The number of anilines is 1. The van der Waals surface area contributed by atoms with Crippen LogP contribution in [-0.4, -0.2) is 36.7 Å². The lowest BCUT2D eigenvalue weighted by molar-refractivity contribution is 0.0693. The molecule has 0 atom stereocenters. The number of amides is 3. The van der Waals surface area contributed by atoms with Crippen molar-refractivity contribution in [3.63, 3.8) is 0 Å². The topological polar surface area (TPSA) is 57.7 Å². The lowest BCUT2D eigenvalue weighted by Crippen LogP contribution is -2.26. The zero-order chi connectivity index (χ0) is 18.4. The molecule has 0 aromatic heterocycles. The molecule has 0 saturated heterocycles. The fraction of sp³-hybridized carbons (Fsp3) is 0.0952. The lowest BCUT2D eigenvalue weighted by atomic mass is 10.0. The van der Waals surface area contributed by atoms with E-state index in [1.807, 2.05) is 42.5 Å². The molecule has 3 aromatic rings. The molecule has 0 bridgehead atoms. The Hall–Kier alpha value is -3.47. The second kappa shape index (κ2) is 5.81. The van der Waals surface area contributed by atoms with E-state index in [0.717, 1.165) is 21.4 Å². The molecule has 128 valence electrons. The molecule has 4 rings (SSSR count). The minimum absolute atomic E-state index is 0.238. The minimum atomic E-state index is -0.381. The largest absolute Gasteiger partial charge is 0.311 e. The molecular formula is C21H16N2O3. The van der Waals surface area contributed by atoms with Crippen molar-refractivity contribution in [1.82, 2.24) is 4.90 Å². The third kappa shape index (κ3) is 2.37. The van der Waals surface area contributed by atoms with Crippen molar-refractivity contribution in [3.8, 4) is 0 Å². The quantitative estimate of drug-likeness (QED) is 0.670. The second-order valence-electron chi connectivity index (χ2n) is 6.33. The predicted molar refractivity (Wildman–Crippen MR) is 99.5 cm³/mol. The number of fused-ring (bicyclic) bond motifs is 2. The SMILES string of the molecule is CN1C(=O)c2ccc(C(=O)N(C)c3ccc4ccccc4c3)cc2C1=O. The minimum Gasteiger partial charge on any atom is -0.311 e. The maximum absolute atomic E-state index is 12.9. The van der Waals surface area contributed by atoms with Gasteiger partial charge in [-0.15, -0.1) is 0 Å². The van der Waals surface area contributed by atoms with Gasteiger partial charge in [-0.1, -0.05) is 30.3 Å². The van der Waals surface area contributed by atoms with E-state index < -0.39 is 0 Å². The molecule has 0 spiro atoms. The molecule has 5 nitrogen and oxygen atoms in total. The number of rotatable bonds is 2. The van der Waals surface area contributed by atoms with E-state index >= 15 is 0 Å². The molecular weight excluding hydrogens is 328 g/mol. The van der Waals surface area contributed by atoms with Gasteiger partial charge in [0.15, 0.2) is 0 Å². The van der Waals surface area contributed by atoms with Crippen LogP contribution in [0.5, 0.6) is 0 Å². The van der Waals surface area contributed by atoms with Gasteiger partial charge in [0.05, 0.1) is 11.1 Å². The molecule has 1 heterocycles. The first-order chi connectivity index (χ1) is 12.5. The number of imide groups is 1. The molecule has 3 amide bonds. The fourth-order valence-corrected chi connectivity index (χ4v) is 3.19. The van der Waals surface area contributed by atoms with Crippen molar-refractivity contribution in [1.29, 1.82) is 0 Å². The standard InChI is InChI=1S/C21H16N2O3/c1-22(16-9-7-13-5-3-4-6-14(13)11-16)19(24)15-8-10-17-18(12-15)21(26)23(2)20(17)25/h3-12H,1-2H3. The van der Waals surface area contributed by atoms with E-state index in [4.69, 9.17) is 0 Å². The average Bonchev–Trinajstić information content (AvgIpc) is 2.90. The Morgan fingerprint density at radius 3 is 2.31 bits per heavy atom. The molecule has 0 N–H and O–H groups in total. The summed E-state index contributed by atoms with van der Waals surface area (Å²) in [6, 6.07) is 18.4. The first-order valence-electron chi connectivity index (χ1n) is 8.20. The van der Waals surface area contributed by atoms with E-state index in [2.05, 4.69) is 0 Å². The Kier molecular flexibility index (Phi) is 3.58. The summed E-state index contributed by atoms with van der Waals surface area (Å²) < 4.78 is 0. The maximum Gasteiger partial charge on any atom is 0.261 e. The average molecular weight is 344 g/mol. The smallest absolute Gasteiger partial charge is 0.261 e. The molecule has 1 aliphatic heterocycles. The fourth-order valence-electron chi connectivity index (χ4n) is 3.19. The summed E-state index contributed by atoms with van der Waals surface area (Å²) in [6.07, 6.45) is 0. The van der Waals surface area contributed by atoms with Crippen molar-refractivity contribution in [2.24, 2.45) is 0 Å². The lowest BCUT2D eigenvalue weighted by Gasteiger charge is -2.18. The van der Waals surface area contributed by atoms with Crippen LogP contribution in [0, 0.1) is 0 Å². The summed E-state index contributed by atoms with van der Waals surface area (Å²) in [6.45, 7) is 0. The van der Waals surface area contributed by atoms with Gasteiger partial charge in [-0.3, -0.25) is 19.3 Å². The van der Waals surface area contributed by atoms with Gasteiger partial charge in [0, 0.05) is 25.3 Å². The Morgan fingerprint density at radius 2 is 1.54 bits per heavy atom. The maximum atomic E-state index is 12.9. The molecule has 0 aliphatic carbocycles. The molecule has 0 fully saturated rings. The van der Waals surface area contributed by atoms with E-state index in [1.54, 1.807) is 24.1 Å². The van der Waals surface area contributed by atoms with Crippen LogP contribution in [-0.2, 0) is 0 Å². The molecule has 0 radical (unpaired) electrons. The molecule has 26 heavy (non-hydrogen) atoms.